The van der Waals surface area contributed by atoms with Crippen LogP contribution in [0.25, 0.3) is 17.0 Å². The Hall–Kier alpha value is -3.34. The molecule has 1 aromatic heterocycles. The van der Waals surface area contributed by atoms with Crippen molar-refractivity contribution < 1.29 is 9.59 Å². The van der Waals surface area contributed by atoms with E-state index in [-0.39, 0.29) is 17.7 Å². The molecule has 5 nitrogen and oxygen atoms in total. The Morgan fingerprint density at radius 1 is 0.968 bits per heavy atom. The Balaban J connectivity index is 1.17. The Labute approximate surface area is 183 Å². The Bertz CT molecular complexity index is 1050. The average molecular weight is 416 g/mol. The lowest BCUT2D eigenvalue weighted by atomic mass is 9.95. The van der Waals surface area contributed by atoms with E-state index in [1.54, 1.807) is 6.08 Å². The molecule has 0 aliphatic carbocycles. The maximum atomic E-state index is 12.5. The molecule has 0 spiro atoms. The van der Waals surface area contributed by atoms with Crippen molar-refractivity contribution in [3.63, 3.8) is 0 Å². The van der Waals surface area contributed by atoms with Gasteiger partial charge in [-0.3, -0.25) is 9.59 Å². The first kappa shape index (κ1) is 20.9. The van der Waals surface area contributed by atoms with Crippen molar-refractivity contribution >= 4 is 28.8 Å². The minimum atomic E-state index is -0.00504. The van der Waals surface area contributed by atoms with Crippen LogP contribution in [-0.4, -0.2) is 40.9 Å². The third-order valence-electron chi connectivity index (χ3n) is 5.95. The minimum Gasteiger partial charge on any atom is -0.356 e. The van der Waals surface area contributed by atoms with Gasteiger partial charge in [-0.05, 0) is 48.4 Å². The third-order valence-corrected chi connectivity index (χ3v) is 5.95. The Kier molecular flexibility index (Phi) is 6.82. The van der Waals surface area contributed by atoms with Crippen LogP contribution in [0.5, 0.6) is 0 Å². The topological polar surface area (TPSA) is 54.3 Å². The number of likely N-dealkylation sites (tertiary alicyclic amines) is 1. The van der Waals surface area contributed by atoms with E-state index in [1.807, 2.05) is 47.4 Å². The summed E-state index contributed by atoms with van der Waals surface area (Å²) in [5.41, 5.74) is 2.24. The molecule has 0 bridgehead atoms. The zero-order valence-electron chi connectivity index (χ0n) is 17.7. The number of amides is 2. The number of benzene rings is 2. The molecule has 2 heterocycles. The maximum absolute atomic E-state index is 12.5. The van der Waals surface area contributed by atoms with Crippen LogP contribution in [0.15, 0.2) is 72.9 Å². The van der Waals surface area contributed by atoms with Gasteiger partial charge >= 0.3 is 0 Å². The second-order valence-electron chi connectivity index (χ2n) is 8.06. The van der Waals surface area contributed by atoms with E-state index in [0.717, 1.165) is 31.4 Å². The van der Waals surface area contributed by atoms with Gasteiger partial charge in [-0.2, -0.15) is 0 Å². The number of aryl methyl sites for hydroxylation is 1. The summed E-state index contributed by atoms with van der Waals surface area (Å²) in [6.07, 6.45) is 7.91. The Morgan fingerprint density at radius 2 is 1.71 bits per heavy atom. The number of carbonyl (C=O) groups is 2. The van der Waals surface area contributed by atoms with Crippen LogP contribution >= 0.6 is 0 Å². The molecule has 1 aliphatic heterocycles. The first-order chi connectivity index (χ1) is 15.2. The second-order valence-corrected chi connectivity index (χ2v) is 8.06. The van der Waals surface area contributed by atoms with Crippen molar-refractivity contribution in [2.45, 2.75) is 25.8 Å². The molecule has 0 atom stereocenters. The van der Waals surface area contributed by atoms with Gasteiger partial charge in [0.25, 0.3) is 0 Å². The zero-order valence-corrected chi connectivity index (χ0v) is 17.7. The monoisotopic (exact) mass is 415 g/mol. The molecule has 1 N–H and O–H groups in total. The maximum Gasteiger partial charge on any atom is 0.246 e. The van der Waals surface area contributed by atoms with Crippen LogP contribution in [0.4, 0.5) is 0 Å². The quantitative estimate of drug-likeness (QED) is 0.467. The Morgan fingerprint density at radius 3 is 2.52 bits per heavy atom. The number of piperidine rings is 1. The minimum absolute atomic E-state index is 0.00504. The van der Waals surface area contributed by atoms with Gasteiger partial charge in [-0.15, -0.1) is 0 Å². The van der Waals surface area contributed by atoms with Gasteiger partial charge in [0.15, 0.2) is 0 Å². The van der Waals surface area contributed by atoms with Crippen LogP contribution in [-0.2, 0) is 16.1 Å². The van der Waals surface area contributed by atoms with Gasteiger partial charge in [0, 0.05) is 49.9 Å². The van der Waals surface area contributed by atoms with Gasteiger partial charge in [0.05, 0.1) is 0 Å². The molecule has 4 rings (SSSR count). The van der Waals surface area contributed by atoms with Gasteiger partial charge < -0.3 is 14.8 Å². The number of fused-ring (bicyclic) bond motifs is 1. The fourth-order valence-electron chi connectivity index (χ4n) is 4.14. The van der Waals surface area contributed by atoms with Crippen molar-refractivity contribution in [1.29, 1.82) is 0 Å². The zero-order chi connectivity index (χ0) is 21.5. The highest BCUT2D eigenvalue weighted by molar-refractivity contribution is 5.92. The summed E-state index contributed by atoms with van der Waals surface area (Å²) in [6.45, 7) is 2.82. The van der Waals surface area contributed by atoms with Crippen LogP contribution in [0, 0.1) is 5.92 Å². The molecule has 1 aliphatic rings. The van der Waals surface area contributed by atoms with E-state index in [9.17, 15) is 9.59 Å². The largest absolute Gasteiger partial charge is 0.356 e. The summed E-state index contributed by atoms with van der Waals surface area (Å²) < 4.78 is 2.23. The molecule has 5 heteroatoms. The second kappa shape index (κ2) is 10.1. The summed E-state index contributed by atoms with van der Waals surface area (Å²) in [4.78, 5) is 26.8. The van der Waals surface area contributed by atoms with E-state index in [4.69, 9.17) is 0 Å². The molecule has 0 unspecified atom stereocenters. The molecular weight excluding hydrogens is 386 g/mol. The van der Waals surface area contributed by atoms with E-state index in [1.165, 1.54) is 10.9 Å². The lowest BCUT2D eigenvalue weighted by Gasteiger charge is -2.30. The van der Waals surface area contributed by atoms with Crippen molar-refractivity contribution in [3.05, 3.63) is 78.5 Å². The number of nitrogens with one attached hydrogen (secondary N) is 1. The molecule has 160 valence electrons. The lowest BCUT2D eigenvalue weighted by Crippen LogP contribution is -2.42. The van der Waals surface area contributed by atoms with Gasteiger partial charge in [-0.25, -0.2) is 0 Å². The van der Waals surface area contributed by atoms with E-state index >= 15 is 0 Å². The fourth-order valence-corrected chi connectivity index (χ4v) is 4.14. The van der Waals surface area contributed by atoms with E-state index in [2.05, 4.69) is 40.3 Å². The molecule has 1 fully saturated rings. The number of para-hydroxylation sites is 1. The van der Waals surface area contributed by atoms with Crippen LogP contribution in [0.3, 0.4) is 0 Å². The van der Waals surface area contributed by atoms with Gasteiger partial charge in [-0.1, -0.05) is 48.5 Å². The normalized spacial score (nSPS) is 14.9. The number of hydrogen-bond acceptors (Lipinski definition) is 2. The first-order valence-electron chi connectivity index (χ1n) is 11.0. The molecule has 31 heavy (non-hydrogen) atoms. The highest BCUT2D eigenvalue weighted by Crippen LogP contribution is 2.18. The molecule has 2 amide bonds. The first-order valence-corrected chi connectivity index (χ1v) is 11.0. The molecular formula is C26H29N3O2. The van der Waals surface area contributed by atoms with E-state index < -0.39 is 0 Å². The molecule has 1 saturated heterocycles. The molecule has 0 saturated carbocycles. The third kappa shape index (κ3) is 5.43. The van der Waals surface area contributed by atoms with Crippen molar-refractivity contribution in [1.82, 2.24) is 14.8 Å². The summed E-state index contributed by atoms with van der Waals surface area (Å²) in [5, 5.41) is 4.33. The summed E-state index contributed by atoms with van der Waals surface area (Å²) >= 11 is 0. The van der Waals surface area contributed by atoms with E-state index in [0.29, 0.717) is 19.6 Å². The van der Waals surface area contributed by atoms with Crippen molar-refractivity contribution in [2.75, 3.05) is 19.6 Å². The highest BCUT2D eigenvalue weighted by atomic mass is 16.2. The van der Waals surface area contributed by atoms with Gasteiger partial charge in [0.1, 0.15) is 0 Å². The average Bonchev–Trinajstić information content (AvgIpc) is 3.24. The van der Waals surface area contributed by atoms with Gasteiger partial charge in [0.2, 0.25) is 11.8 Å². The molecule has 3 aromatic rings. The number of carbonyl (C=O) groups excluding carboxylic acids is 2. The fraction of sp³-hybridized carbons (Fsp3) is 0.308. The highest BCUT2D eigenvalue weighted by Gasteiger charge is 2.26. The molecule has 0 radical (unpaired) electrons. The molecule has 2 aromatic carbocycles. The number of hydrogen-bond donors (Lipinski definition) is 1. The number of rotatable bonds is 7. The predicted molar refractivity (Wildman–Crippen MR) is 124 cm³/mol. The van der Waals surface area contributed by atoms with Crippen LogP contribution in [0.2, 0.25) is 0 Å². The number of nitrogens with zero attached hydrogens (tertiary/aromatic N) is 2. The standard InChI is InChI=1S/C26H29N3O2/c30-25(12-11-21-7-2-1-3-8-21)29-19-14-23(15-20-29)26(31)27-16-6-17-28-18-13-22-9-4-5-10-24(22)28/h1-5,7-13,18,23H,6,14-17,19-20H2,(H,27,31)/b12-11+. The van der Waals surface area contributed by atoms with Crippen LogP contribution < -0.4 is 5.32 Å². The predicted octanol–water partition coefficient (Wildman–Crippen LogP) is 4.10. The SMILES string of the molecule is O=C(NCCCn1ccc2ccccc21)C1CCN(C(=O)/C=C/c2ccccc2)CC1. The lowest BCUT2D eigenvalue weighted by molar-refractivity contribution is -0.132. The number of aromatic nitrogens is 1. The van der Waals surface area contributed by atoms with Crippen molar-refractivity contribution in [3.8, 4) is 0 Å². The van der Waals surface area contributed by atoms with Crippen molar-refractivity contribution in [2.24, 2.45) is 5.92 Å². The smallest absolute Gasteiger partial charge is 0.246 e. The summed E-state index contributed by atoms with van der Waals surface area (Å²) in [7, 11) is 0. The van der Waals surface area contributed by atoms with Crippen LogP contribution in [0.1, 0.15) is 24.8 Å². The summed E-state index contributed by atoms with van der Waals surface area (Å²) in [6, 6.07) is 20.3. The summed E-state index contributed by atoms with van der Waals surface area (Å²) in [5.74, 6) is 0.125.